The molecule has 0 radical (unpaired) electrons. The molecule has 3 aromatic rings. The number of anilines is 2. The van der Waals surface area contributed by atoms with Gasteiger partial charge >= 0.3 is 0 Å². The lowest BCUT2D eigenvalue weighted by molar-refractivity contribution is 0.102. The molecule has 0 bridgehead atoms. The van der Waals surface area contributed by atoms with Crippen LogP contribution in [0.25, 0.3) is 0 Å². The van der Waals surface area contributed by atoms with Crippen molar-refractivity contribution in [3.63, 3.8) is 0 Å². The van der Waals surface area contributed by atoms with Crippen LogP contribution in [-0.2, 0) is 6.54 Å². The highest BCUT2D eigenvalue weighted by molar-refractivity contribution is 6.03. The van der Waals surface area contributed by atoms with Crippen LogP contribution in [-0.4, -0.2) is 18.0 Å². The van der Waals surface area contributed by atoms with Gasteiger partial charge in [-0.1, -0.05) is 18.2 Å². The van der Waals surface area contributed by atoms with E-state index in [9.17, 15) is 4.79 Å². The van der Waals surface area contributed by atoms with Gasteiger partial charge in [0.2, 0.25) is 0 Å². The van der Waals surface area contributed by atoms with E-state index in [1.807, 2.05) is 30.3 Å². The predicted molar refractivity (Wildman–Crippen MR) is 104 cm³/mol. The summed E-state index contributed by atoms with van der Waals surface area (Å²) in [5, 5.41) is 14.9. The van der Waals surface area contributed by atoms with Crippen molar-refractivity contribution in [1.82, 2.24) is 4.98 Å². The van der Waals surface area contributed by atoms with Crippen LogP contribution in [0.1, 0.15) is 21.6 Å². The number of ether oxygens (including phenoxy) is 1. The molecule has 1 amide bonds. The summed E-state index contributed by atoms with van der Waals surface area (Å²) in [6.07, 6.45) is 1.62. The van der Waals surface area contributed by atoms with E-state index in [1.54, 1.807) is 49.7 Å². The molecule has 6 heteroatoms. The van der Waals surface area contributed by atoms with Crippen molar-refractivity contribution >= 4 is 17.3 Å². The Balaban J connectivity index is 1.58. The number of rotatable bonds is 6. The Labute approximate surface area is 157 Å². The van der Waals surface area contributed by atoms with Crippen LogP contribution in [0.3, 0.4) is 0 Å². The molecule has 2 aromatic carbocycles. The third-order valence-electron chi connectivity index (χ3n) is 3.90. The van der Waals surface area contributed by atoms with Crippen LogP contribution in [0.4, 0.5) is 11.4 Å². The zero-order chi connectivity index (χ0) is 19.1. The molecule has 3 rings (SSSR count). The molecular weight excluding hydrogens is 340 g/mol. The van der Waals surface area contributed by atoms with Crippen molar-refractivity contribution < 1.29 is 9.53 Å². The van der Waals surface area contributed by atoms with Gasteiger partial charge in [0.05, 0.1) is 30.6 Å². The molecule has 134 valence electrons. The van der Waals surface area contributed by atoms with E-state index in [2.05, 4.69) is 15.6 Å². The minimum atomic E-state index is -0.327. The highest BCUT2D eigenvalue weighted by atomic mass is 16.5. The number of benzene rings is 2. The largest absolute Gasteiger partial charge is 0.497 e. The average molecular weight is 358 g/mol. The van der Waals surface area contributed by atoms with Crippen molar-refractivity contribution in [2.24, 2.45) is 0 Å². The second-order valence-electron chi connectivity index (χ2n) is 5.78. The number of methoxy groups -OCH3 is 1. The average Bonchev–Trinajstić information content (AvgIpc) is 2.73. The maximum atomic E-state index is 12.3. The summed E-state index contributed by atoms with van der Waals surface area (Å²) in [5.74, 6) is 0.489. The molecule has 0 saturated carbocycles. The summed E-state index contributed by atoms with van der Waals surface area (Å²) in [6, 6.07) is 20.0. The molecule has 0 aliphatic carbocycles. The number of nitrogens with one attached hydrogen (secondary N) is 2. The SMILES string of the molecule is COc1ccc(CNc2ccc(C(=O)Nc3cccc(C#N)c3)nc2)cc1. The minimum Gasteiger partial charge on any atom is -0.497 e. The first kappa shape index (κ1) is 18.0. The fourth-order valence-electron chi connectivity index (χ4n) is 2.44. The smallest absolute Gasteiger partial charge is 0.274 e. The highest BCUT2D eigenvalue weighted by Crippen LogP contribution is 2.15. The monoisotopic (exact) mass is 358 g/mol. The van der Waals surface area contributed by atoms with Gasteiger partial charge in [-0.2, -0.15) is 5.26 Å². The summed E-state index contributed by atoms with van der Waals surface area (Å²) in [7, 11) is 1.64. The third-order valence-corrected chi connectivity index (χ3v) is 3.90. The lowest BCUT2D eigenvalue weighted by Gasteiger charge is -2.08. The number of nitrogens with zero attached hydrogens (tertiary/aromatic N) is 2. The van der Waals surface area contributed by atoms with Crippen LogP contribution in [0.15, 0.2) is 66.9 Å². The number of carbonyl (C=O) groups is 1. The van der Waals surface area contributed by atoms with Crippen molar-refractivity contribution in [3.05, 3.63) is 83.7 Å². The second-order valence-corrected chi connectivity index (χ2v) is 5.78. The van der Waals surface area contributed by atoms with Crippen molar-refractivity contribution in [2.75, 3.05) is 17.7 Å². The molecule has 0 aliphatic heterocycles. The van der Waals surface area contributed by atoms with Gasteiger partial charge in [-0.25, -0.2) is 4.98 Å². The summed E-state index contributed by atoms with van der Waals surface area (Å²) in [6.45, 7) is 0.637. The Morgan fingerprint density at radius 1 is 1.11 bits per heavy atom. The van der Waals surface area contributed by atoms with Gasteiger partial charge in [0.25, 0.3) is 5.91 Å². The van der Waals surface area contributed by atoms with Crippen LogP contribution < -0.4 is 15.4 Å². The van der Waals surface area contributed by atoms with Crippen LogP contribution in [0.2, 0.25) is 0 Å². The molecule has 27 heavy (non-hydrogen) atoms. The lowest BCUT2D eigenvalue weighted by atomic mass is 10.2. The molecule has 2 N–H and O–H groups in total. The van der Waals surface area contributed by atoms with Crippen molar-refractivity contribution in [2.45, 2.75) is 6.54 Å². The molecule has 1 heterocycles. The van der Waals surface area contributed by atoms with E-state index < -0.39 is 0 Å². The standard InChI is InChI=1S/C21H18N4O2/c1-27-19-8-5-15(6-9-19)13-23-18-7-10-20(24-14-18)21(26)25-17-4-2-3-16(11-17)12-22/h2-11,14,23H,13H2,1H3,(H,25,26). The zero-order valence-corrected chi connectivity index (χ0v) is 14.8. The molecule has 0 spiro atoms. The molecule has 0 saturated heterocycles. The number of aromatic nitrogens is 1. The van der Waals surface area contributed by atoms with Gasteiger partial charge in [-0.05, 0) is 48.0 Å². The number of hydrogen-bond donors (Lipinski definition) is 2. The third kappa shape index (κ3) is 4.83. The molecule has 1 aromatic heterocycles. The topological polar surface area (TPSA) is 87.0 Å². The summed E-state index contributed by atoms with van der Waals surface area (Å²) in [5.41, 5.74) is 3.26. The molecular formula is C21H18N4O2. The first-order valence-corrected chi connectivity index (χ1v) is 8.32. The Morgan fingerprint density at radius 3 is 2.59 bits per heavy atom. The van der Waals surface area contributed by atoms with E-state index in [0.717, 1.165) is 17.0 Å². The first-order chi connectivity index (χ1) is 13.2. The van der Waals surface area contributed by atoms with Crippen molar-refractivity contribution in [3.8, 4) is 11.8 Å². The zero-order valence-electron chi connectivity index (χ0n) is 14.8. The fourth-order valence-corrected chi connectivity index (χ4v) is 2.44. The maximum Gasteiger partial charge on any atom is 0.274 e. The van der Waals surface area contributed by atoms with E-state index >= 15 is 0 Å². The van der Waals surface area contributed by atoms with Crippen molar-refractivity contribution in [1.29, 1.82) is 5.26 Å². The van der Waals surface area contributed by atoms with Gasteiger partial charge in [-0.3, -0.25) is 4.79 Å². The normalized spacial score (nSPS) is 9.93. The number of pyridine rings is 1. The molecule has 0 unspecified atom stereocenters. The van der Waals surface area contributed by atoms with Crippen LogP contribution in [0.5, 0.6) is 5.75 Å². The number of amides is 1. The van der Waals surface area contributed by atoms with Gasteiger partial charge in [0.1, 0.15) is 11.4 Å². The molecule has 6 nitrogen and oxygen atoms in total. The summed E-state index contributed by atoms with van der Waals surface area (Å²) < 4.78 is 5.14. The quantitative estimate of drug-likeness (QED) is 0.699. The molecule has 0 aliphatic rings. The Bertz CT molecular complexity index is 961. The molecule has 0 fully saturated rings. The minimum absolute atomic E-state index is 0.298. The van der Waals surface area contributed by atoms with Gasteiger partial charge < -0.3 is 15.4 Å². The van der Waals surface area contributed by atoms with Gasteiger partial charge in [-0.15, -0.1) is 0 Å². The number of hydrogen-bond acceptors (Lipinski definition) is 5. The van der Waals surface area contributed by atoms with E-state index in [0.29, 0.717) is 23.5 Å². The number of carbonyl (C=O) groups excluding carboxylic acids is 1. The van der Waals surface area contributed by atoms with E-state index in [4.69, 9.17) is 10.00 Å². The van der Waals surface area contributed by atoms with Crippen LogP contribution in [0, 0.1) is 11.3 Å². The van der Waals surface area contributed by atoms with E-state index in [-0.39, 0.29) is 5.91 Å². The maximum absolute atomic E-state index is 12.3. The van der Waals surface area contributed by atoms with E-state index in [1.165, 1.54) is 0 Å². The Hall–Kier alpha value is -3.85. The van der Waals surface area contributed by atoms with Gasteiger partial charge in [0, 0.05) is 12.2 Å². The lowest BCUT2D eigenvalue weighted by Crippen LogP contribution is -2.13. The summed E-state index contributed by atoms with van der Waals surface area (Å²) in [4.78, 5) is 16.5. The fraction of sp³-hybridized carbons (Fsp3) is 0.0952. The Kier molecular flexibility index (Phi) is 5.65. The van der Waals surface area contributed by atoms with Crippen LogP contribution >= 0.6 is 0 Å². The molecule has 0 atom stereocenters. The summed E-state index contributed by atoms with van der Waals surface area (Å²) >= 11 is 0. The van der Waals surface area contributed by atoms with Gasteiger partial charge in [0.15, 0.2) is 0 Å². The second kappa shape index (κ2) is 8.50. The number of nitriles is 1. The predicted octanol–water partition coefficient (Wildman–Crippen LogP) is 3.83. The Morgan fingerprint density at radius 2 is 1.93 bits per heavy atom. The highest BCUT2D eigenvalue weighted by Gasteiger charge is 2.08. The first-order valence-electron chi connectivity index (χ1n) is 8.32.